The van der Waals surface area contributed by atoms with Crippen molar-refractivity contribution in [3.63, 3.8) is 0 Å². The number of carbonyl (C=O) groups is 2. The second kappa shape index (κ2) is 6.76. The topological polar surface area (TPSA) is 62.2 Å². The van der Waals surface area contributed by atoms with Gasteiger partial charge in [0.2, 0.25) is 4.33 Å². The summed E-state index contributed by atoms with van der Waals surface area (Å²) in [6, 6.07) is 9.62. The van der Waals surface area contributed by atoms with Gasteiger partial charge in [-0.3, -0.25) is 4.79 Å². The molecule has 3 rings (SSSR count). The van der Waals surface area contributed by atoms with Crippen LogP contribution in [0.2, 0.25) is 0 Å². The van der Waals surface area contributed by atoms with Gasteiger partial charge in [-0.25, -0.2) is 9.80 Å². The molecular weight excluding hydrogens is 358 g/mol. The van der Waals surface area contributed by atoms with Crippen LogP contribution in [0, 0.1) is 0 Å². The first-order chi connectivity index (χ1) is 11.9. The van der Waals surface area contributed by atoms with Gasteiger partial charge in [0.05, 0.1) is 12.3 Å². The van der Waals surface area contributed by atoms with Crippen molar-refractivity contribution in [3.05, 3.63) is 40.9 Å². The molecule has 0 unspecified atom stereocenters. The number of thioether (sulfide) groups is 2. The number of nitrogens with zero attached hydrogens (tertiary/aromatic N) is 3. The van der Waals surface area contributed by atoms with E-state index in [4.69, 9.17) is 4.74 Å². The van der Waals surface area contributed by atoms with Crippen LogP contribution < -0.4 is 5.01 Å². The number of hydrogen-bond donors (Lipinski definition) is 0. The molecule has 1 aromatic carbocycles. The molecule has 6 nitrogen and oxygen atoms in total. The van der Waals surface area contributed by atoms with Crippen molar-refractivity contribution in [2.75, 3.05) is 18.7 Å². The number of anilines is 1. The van der Waals surface area contributed by atoms with E-state index in [-0.39, 0.29) is 11.8 Å². The number of ether oxygens (including phenoxy) is 1. The van der Waals surface area contributed by atoms with E-state index in [0.717, 1.165) is 11.4 Å². The van der Waals surface area contributed by atoms with E-state index in [1.54, 1.807) is 11.9 Å². The van der Waals surface area contributed by atoms with Crippen LogP contribution in [0.3, 0.4) is 0 Å². The minimum absolute atomic E-state index is 0.0981. The monoisotopic (exact) mass is 377 g/mol. The summed E-state index contributed by atoms with van der Waals surface area (Å²) in [5.41, 5.74) is 1.65. The SMILES string of the molecule is CCOC(=O)C1=C(C)N(C)[C@@]2(SC(C(C)=O)=NN2c2ccccc2)S1. The number of ketones is 1. The third-order valence-corrected chi connectivity index (χ3v) is 7.10. The van der Waals surface area contributed by atoms with Crippen molar-refractivity contribution >= 4 is 46.0 Å². The van der Waals surface area contributed by atoms with Gasteiger partial charge in [-0.15, -0.1) is 0 Å². The Hall–Kier alpha value is -1.93. The van der Waals surface area contributed by atoms with E-state index >= 15 is 0 Å². The second-order valence-electron chi connectivity index (χ2n) is 5.56. The van der Waals surface area contributed by atoms with E-state index < -0.39 is 4.33 Å². The molecule has 8 heteroatoms. The Kier molecular flexibility index (Phi) is 4.83. The lowest BCUT2D eigenvalue weighted by Crippen LogP contribution is -2.47. The van der Waals surface area contributed by atoms with Crippen LogP contribution in [0.4, 0.5) is 5.69 Å². The first kappa shape index (κ1) is 17.9. The smallest absolute Gasteiger partial charge is 0.346 e. The summed E-state index contributed by atoms with van der Waals surface area (Å²) in [6.45, 7) is 5.48. The number of benzene rings is 1. The Balaban J connectivity index is 2.03. The zero-order valence-corrected chi connectivity index (χ0v) is 16.1. The third-order valence-electron chi connectivity index (χ3n) is 3.94. The third kappa shape index (κ3) is 2.93. The van der Waals surface area contributed by atoms with Gasteiger partial charge in [-0.1, -0.05) is 30.0 Å². The van der Waals surface area contributed by atoms with Crippen LogP contribution >= 0.6 is 23.5 Å². The van der Waals surface area contributed by atoms with Crippen LogP contribution in [-0.4, -0.2) is 39.7 Å². The number of para-hydroxylation sites is 1. The number of carbonyl (C=O) groups excluding carboxylic acids is 2. The molecule has 0 saturated heterocycles. The Morgan fingerprint density at radius 2 is 1.92 bits per heavy atom. The Morgan fingerprint density at radius 3 is 2.52 bits per heavy atom. The number of allylic oxidation sites excluding steroid dienone is 1. The molecule has 2 heterocycles. The number of esters is 1. The van der Waals surface area contributed by atoms with Crippen LogP contribution in [0.5, 0.6) is 0 Å². The first-order valence-corrected chi connectivity index (χ1v) is 9.48. The molecule has 0 radical (unpaired) electrons. The minimum Gasteiger partial charge on any atom is -0.462 e. The van der Waals surface area contributed by atoms with E-state index in [2.05, 4.69) is 5.10 Å². The molecule has 0 saturated carbocycles. The molecule has 1 aromatic rings. The molecule has 0 aliphatic carbocycles. The predicted molar refractivity (Wildman–Crippen MR) is 102 cm³/mol. The highest BCUT2D eigenvalue weighted by molar-refractivity contribution is 8.28. The van der Waals surface area contributed by atoms with Gasteiger partial charge in [0, 0.05) is 19.7 Å². The molecule has 0 fully saturated rings. The summed E-state index contributed by atoms with van der Waals surface area (Å²) < 4.78 is 4.43. The highest BCUT2D eigenvalue weighted by Crippen LogP contribution is 2.58. The molecule has 1 atom stereocenters. The van der Waals surface area contributed by atoms with E-state index in [1.165, 1.54) is 30.4 Å². The molecule has 0 amide bonds. The highest BCUT2D eigenvalue weighted by atomic mass is 32.2. The van der Waals surface area contributed by atoms with Gasteiger partial charge >= 0.3 is 5.97 Å². The summed E-state index contributed by atoms with van der Waals surface area (Å²) in [6.07, 6.45) is 0. The number of rotatable bonds is 4. The molecule has 0 N–H and O–H groups in total. The van der Waals surface area contributed by atoms with Crippen LogP contribution in [0.1, 0.15) is 20.8 Å². The molecule has 0 aromatic heterocycles. The highest BCUT2D eigenvalue weighted by Gasteiger charge is 2.55. The van der Waals surface area contributed by atoms with Crippen molar-refractivity contribution < 1.29 is 14.3 Å². The standard InChI is InChI=1S/C17H19N3O3S2/c1-5-23-16(22)14-11(2)19(4)17(24-14)20(13-9-7-6-8-10-13)18-15(25-17)12(3)21/h6-10H,5H2,1-4H3/t17-/m0/s1. The maximum Gasteiger partial charge on any atom is 0.346 e. The van der Waals surface area contributed by atoms with Crippen molar-refractivity contribution in [3.8, 4) is 0 Å². The lowest BCUT2D eigenvalue weighted by atomic mass is 10.3. The normalized spacial score (nSPS) is 22.6. The van der Waals surface area contributed by atoms with Gasteiger partial charge in [-0.05, 0) is 37.7 Å². The molecule has 132 valence electrons. The quantitative estimate of drug-likeness (QED) is 0.747. The number of hydrazone groups is 1. The lowest BCUT2D eigenvalue weighted by Gasteiger charge is -2.39. The van der Waals surface area contributed by atoms with Crippen LogP contribution in [0.25, 0.3) is 0 Å². The fraction of sp³-hybridized carbons (Fsp3) is 0.353. The Morgan fingerprint density at radius 1 is 1.24 bits per heavy atom. The maximum absolute atomic E-state index is 12.3. The molecule has 0 bridgehead atoms. The predicted octanol–water partition coefficient (Wildman–Crippen LogP) is 3.23. The molecule has 2 aliphatic rings. The summed E-state index contributed by atoms with van der Waals surface area (Å²) in [4.78, 5) is 26.8. The molecule has 1 spiro atoms. The Bertz CT molecular complexity index is 779. The maximum atomic E-state index is 12.3. The first-order valence-electron chi connectivity index (χ1n) is 7.85. The van der Waals surface area contributed by atoms with Crippen LogP contribution in [-0.2, 0) is 14.3 Å². The van der Waals surface area contributed by atoms with E-state index in [0.29, 0.717) is 16.6 Å². The summed E-state index contributed by atoms with van der Waals surface area (Å²) in [7, 11) is 1.90. The summed E-state index contributed by atoms with van der Waals surface area (Å²) in [5, 5.41) is 6.76. The minimum atomic E-state index is -0.755. The summed E-state index contributed by atoms with van der Waals surface area (Å²) >= 11 is 2.71. The summed E-state index contributed by atoms with van der Waals surface area (Å²) in [5.74, 6) is -0.447. The van der Waals surface area contributed by atoms with Gasteiger partial charge in [0.1, 0.15) is 4.91 Å². The zero-order chi connectivity index (χ0) is 18.2. The molecule has 25 heavy (non-hydrogen) atoms. The molecular formula is C17H19N3O3S2. The second-order valence-corrected chi connectivity index (χ2v) is 8.16. The van der Waals surface area contributed by atoms with Crippen molar-refractivity contribution in [2.45, 2.75) is 25.1 Å². The van der Waals surface area contributed by atoms with Crippen molar-refractivity contribution in [1.29, 1.82) is 0 Å². The number of Topliss-reactive ketones (excluding diaryl/α,β-unsaturated/α-hetero) is 1. The Labute approximate surface area is 155 Å². The van der Waals surface area contributed by atoms with Gasteiger partial charge in [0.15, 0.2) is 10.8 Å². The molecule has 2 aliphatic heterocycles. The van der Waals surface area contributed by atoms with E-state index in [9.17, 15) is 9.59 Å². The van der Waals surface area contributed by atoms with Crippen molar-refractivity contribution in [2.24, 2.45) is 5.10 Å². The van der Waals surface area contributed by atoms with Gasteiger partial charge in [0.25, 0.3) is 0 Å². The van der Waals surface area contributed by atoms with Crippen LogP contribution in [0.15, 0.2) is 46.0 Å². The van der Waals surface area contributed by atoms with Gasteiger partial charge in [-0.2, -0.15) is 5.10 Å². The number of hydrogen-bond acceptors (Lipinski definition) is 8. The fourth-order valence-electron chi connectivity index (χ4n) is 2.58. The van der Waals surface area contributed by atoms with Crippen molar-refractivity contribution in [1.82, 2.24) is 4.90 Å². The average molecular weight is 377 g/mol. The fourth-order valence-corrected chi connectivity index (χ4v) is 5.45. The van der Waals surface area contributed by atoms with E-state index in [1.807, 2.05) is 49.2 Å². The zero-order valence-electron chi connectivity index (χ0n) is 14.5. The average Bonchev–Trinajstić information content (AvgIpc) is 3.11. The largest absolute Gasteiger partial charge is 0.462 e. The lowest BCUT2D eigenvalue weighted by molar-refractivity contribution is -0.137. The van der Waals surface area contributed by atoms with Gasteiger partial charge < -0.3 is 9.64 Å².